The molecule has 0 aromatic heterocycles. The molecule has 1 N–H and O–H groups in total. The molecule has 4 heteroatoms. The van der Waals surface area contributed by atoms with Gasteiger partial charge in [0.2, 0.25) is 10.0 Å². The van der Waals surface area contributed by atoms with Gasteiger partial charge in [-0.2, -0.15) is 0 Å². The van der Waals surface area contributed by atoms with Crippen molar-refractivity contribution in [2.24, 2.45) is 17.8 Å². The van der Waals surface area contributed by atoms with Gasteiger partial charge in [0, 0.05) is 6.04 Å². The Hall–Kier alpha value is -0.0900. The zero-order valence-electron chi connectivity index (χ0n) is 9.57. The summed E-state index contributed by atoms with van der Waals surface area (Å²) in [6.07, 6.45) is 4.92. The normalized spacial score (nSPS) is 30.9. The van der Waals surface area contributed by atoms with E-state index in [0.29, 0.717) is 11.7 Å². The molecule has 2 fully saturated rings. The highest BCUT2D eigenvalue weighted by Gasteiger charge is 2.47. The first kappa shape index (κ1) is 11.4. The number of rotatable bonds is 6. The Kier molecular flexibility index (Phi) is 3.08. The van der Waals surface area contributed by atoms with Gasteiger partial charge in [0.1, 0.15) is 0 Å². The minimum absolute atomic E-state index is 0.0217. The zero-order valence-corrected chi connectivity index (χ0v) is 10.4. The molecule has 15 heavy (non-hydrogen) atoms. The van der Waals surface area contributed by atoms with Gasteiger partial charge in [-0.1, -0.05) is 0 Å². The monoisotopic (exact) mass is 231 g/mol. The lowest BCUT2D eigenvalue weighted by Crippen LogP contribution is -2.32. The molecule has 0 radical (unpaired) electrons. The van der Waals surface area contributed by atoms with Crippen molar-refractivity contribution in [1.82, 2.24) is 4.72 Å². The van der Waals surface area contributed by atoms with E-state index in [4.69, 9.17) is 0 Å². The molecule has 2 rings (SSSR count). The smallest absolute Gasteiger partial charge is 0.211 e. The van der Waals surface area contributed by atoms with Crippen molar-refractivity contribution in [2.45, 2.75) is 45.6 Å². The Morgan fingerprint density at radius 1 is 1.33 bits per heavy atom. The van der Waals surface area contributed by atoms with Gasteiger partial charge in [-0.15, -0.1) is 0 Å². The molecule has 0 bridgehead atoms. The Balaban J connectivity index is 1.69. The first-order chi connectivity index (χ1) is 6.98. The van der Waals surface area contributed by atoms with E-state index in [9.17, 15) is 8.42 Å². The lowest BCUT2D eigenvalue weighted by molar-refractivity contribution is 0.557. The Morgan fingerprint density at radius 2 is 2.00 bits per heavy atom. The molecule has 0 amide bonds. The van der Waals surface area contributed by atoms with Crippen LogP contribution in [0.5, 0.6) is 0 Å². The molecule has 2 aliphatic carbocycles. The van der Waals surface area contributed by atoms with Gasteiger partial charge in [-0.25, -0.2) is 13.1 Å². The van der Waals surface area contributed by atoms with Gasteiger partial charge in [0.25, 0.3) is 0 Å². The average Bonchev–Trinajstić information content (AvgIpc) is 2.94. The molecular weight excluding hydrogens is 210 g/mol. The molecule has 0 aromatic rings. The van der Waals surface area contributed by atoms with Crippen LogP contribution in [0.1, 0.15) is 39.5 Å². The lowest BCUT2D eigenvalue weighted by Gasteiger charge is -2.08. The second-order valence-corrected chi connectivity index (χ2v) is 7.25. The molecule has 0 spiro atoms. The molecule has 88 valence electrons. The first-order valence-electron chi connectivity index (χ1n) is 5.98. The van der Waals surface area contributed by atoms with E-state index in [1.165, 1.54) is 19.3 Å². The number of sulfonamides is 1. The topological polar surface area (TPSA) is 46.2 Å². The minimum Gasteiger partial charge on any atom is -0.213 e. The van der Waals surface area contributed by atoms with Gasteiger partial charge in [-0.05, 0) is 57.3 Å². The van der Waals surface area contributed by atoms with E-state index in [1.54, 1.807) is 0 Å². The van der Waals surface area contributed by atoms with Crippen LogP contribution in [0.3, 0.4) is 0 Å². The fourth-order valence-corrected chi connectivity index (χ4v) is 3.88. The number of hydrogen-bond donors (Lipinski definition) is 1. The third kappa shape index (κ3) is 3.45. The van der Waals surface area contributed by atoms with Crippen LogP contribution in [0.25, 0.3) is 0 Å². The Bertz CT molecular complexity index is 319. The molecule has 2 saturated carbocycles. The van der Waals surface area contributed by atoms with Gasteiger partial charge in [0.05, 0.1) is 5.75 Å². The molecule has 0 unspecified atom stereocenters. The average molecular weight is 231 g/mol. The van der Waals surface area contributed by atoms with Crippen LogP contribution in [-0.4, -0.2) is 20.2 Å². The Labute approximate surface area is 92.7 Å². The van der Waals surface area contributed by atoms with Gasteiger partial charge in [-0.3, -0.25) is 0 Å². The van der Waals surface area contributed by atoms with Crippen molar-refractivity contribution < 1.29 is 8.42 Å². The lowest BCUT2D eigenvalue weighted by atomic mass is 10.2. The van der Waals surface area contributed by atoms with Crippen LogP contribution in [0.2, 0.25) is 0 Å². The highest BCUT2D eigenvalue weighted by atomic mass is 32.2. The quantitative estimate of drug-likeness (QED) is 0.757. The predicted molar refractivity (Wildman–Crippen MR) is 61.0 cm³/mol. The number of nitrogens with one attached hydrogen (secondary N) is 1. The second kappa shape index (κ2) is 4.06. The summed E-state index contributed by atoms with van der Waals surface area (Å²) in [5.74, 6) is 2.86. The Morgan fingerprint density at radius 3 is 2.53 bits per heavy atom. The third-order valence-corrected chi connectivity index (χ3v) is 4.98. The molecule has 0 saturated heterocycles. The third-order valence-electron chi connectivity index (χ3n) is 3.38. The van der Waals surface area contributed by atoms with Crippen LogP contribution >= 0.6 is 0 Å². The summed E-state index contributed by atoms with van der Waals surface area (Å²) in [5.41, 5.74) is 0. The van der Waals surface area contributed by atoms with Crippen molar-refractivity contribution >= 4 is 10.0 Å². The molecular formula is C11H21NO2S. The first-order valence-corrected chi connectivity index (χ1v) is 7.63. The summed E-state index contributed by atoms with van der Waals surface area (Å²) in [5, 5.41) is 0. The highest BCUT2D eigenvalue weighted by Crippen LogP contribution is 2.55. The van der Waals surface area contributed by atoms with Crippen molar-refractivity contribution in [1.29, 1.82) is 0 Å². The van der Waals surface area contributed by atoms with Crippen molar-refractivity contribution in [2.75, 3.05) is 5.75 Å². The summed E-state index contributed by atoms with van der Waals surface area (Å²) in [7, 11) is -3.01. The molecule has 0 heterocycles. The van der Waals surface area contributed by atoms with Crippen LogP contribution in [0, 0.1) is 17.8 Å². The maximum Gasteiger partial charge on any atom is 0.211 e. The molecule has 2 atom stereocenters. The van der Waals surface area contributed by atoms with E-state index in [0.717, 1.165) is 18.3 Å². The van der Waals surface area contributed by atoms with Gasteiger partial charge < -0.3 is 0 Å². The molecule has 3 nitrogen and oxygen atoms in total. The molecule has 2 aliphatic rings. The van der Waals surface area contributed by atoms with E-state index in [-0.39, 0.29) is 6.04 Å². The van der Waals surface area contributed by atoms with E-state index < -0.39 is 10.0 Å². The summed E-state index contributed by atoms with van der Waals surface area (Å²) >= 11 is 0. The summed E-state index contributed by atoms with van der Waals surface area (Å²) < 4.78 is 25.7. The summed E-state index contributed by atoms with van der Waals surface area (Å²) in [6.45, 7) is 3.73. The standard InChI is InChI=1S/C11H21NO2S/c1-8(2)12-15(13,14)6-5-10-7-11(10)9-3-4-9/h8-12H,3-7H2,1-2H3/t10-,11+/m1/s1. The van der Waals surface area contributed by atoms with E-state index in [1.807, 2.05) is 13.8 Å². The second-order valence-electron chi connectivity index (χ2n) is 5.38. The van der Waals surface area contributed by atoms with Crippen LogP contribution in [0.15, 0.2) is 0 Å². The van der Waals surface area contributed by atoms with Crippen LogP contribution < -0.4 is 4.72 Å². The van der Waals surface area contributed by atoms with E-state index in [2.05, 4.69) is 4.72 Å². The summed E-state index contributed by atoms with van der Waals surface area (Å²) in [4.78, 5) is 0. The van der Waals surface area contributed by atoms with Crippen molar-refractivity contribution in [3.05, 3.63) is 0 Å². The maximum atomic E-state index is 11.6. The van der Waals surface area contributed by atoms with Crippen molar-refractivity contribution in [3.63, 3.8) is 0 Å². The van der Waals surface area contributed by atoms with Crippen LogP contribution in [0.4, 0.5) is 0 Å². The number of hydrogen-bond acceptors (Lipinski definition) is 2. The fourth-order valence-electron chi connectivity index (χ4n) is 2.43. The zero-order chi connectivity index (χ0) is 11.1. The van der Waals surface area contributed by atoms with E-state index >= 15 is 0 Å². The largest absolute Gasteiger partial charge is 0.213 e. The minimum atomic E-state index is -3.01. The van der Waals surface area contributed by atoms with Crippen molar-refractivity contribution in [3.8, 4) is 0 Å². The SMILES string of the molecule is CC(C)NS(=O)(=O)CC[C@@H]1C[C@H]1C1CC1. The van der Waals surface area contributed by atoms with Crippen LogP contribution in [-0.2, 0) is 10.0 Å². The van der Waals surface area contributed by atoms with Gasteiger partial charge >= 0.3 is 0 Å². The highest BCUT2D eigenvalue weighted by molar-refractivity contribution is 7.89. The molecule has 0 aliphatic heterocycles. The predicted octanol–water partition coefficient (Wildman–Crippen LogP) is 1.75. The maximum absolute atomic E-state index is 11.6. The van der Waals surface area contributed by atoms with Gasteiger partial charge in [0.15, 0.2) is 0 Å². The molecule has 0 aromatic carbocycles. The summed E-state index contributed by atoms with van der Waals surface area (Å²) in [6, 6.07) is 0.0217. The fraction of sp³-hybridized carbons (Fsp3) is 1.00.